The van der Waals surface area contributed by atoms with Crippen LogP contribution in [0.4, 0.5) is 4.79 Å². The van der Waals surface area contributed by atoms with Gasteiger partial charge in [-0.25, -0.2) is 14.6 Å². The molecule has 1 rings (SSSR count). The Labute approximate surface area is 133 Å². The number of esters is 2. The Bertz CT molecular complexity index is 554. The average molecular weight is 327 g/mol. The third-order valence-electron chi connectivity index (χ3n) is 2.83. The van der Waals surface area contributed by atoms with E-state index in [1.54, 1.807) is 20.8 Å². The highest BCUT2D eigenvalue weighted by molar-refractivity contribution is 5.86. The van der Waals surface area contributed by atoms with Crippen molar-refractivity contribution in [2.45, 2.75) is 33.4 Å². The van der Waals surface area contributed by atoms with E-state index in [1.165, 1.54) is 12.0 Å². The molecule has 1 aromatic heterocycles. The number of oxazole rings is 1. The summed E-state index contributed by atoms with van der Waals surface area (Å²) in [5.41, 5.74) is 0.0261. The minimum absolute atomic E-state index is 0.0261. The molecule has 9 heteroatoms. The van der Waals surface area contributed by atoms with Crippen molar-refractivity contribution in [3.8, 4) is 0 Å². The first kappa shape index (κ1) is 18.5. The van der Waals surface area contributed by atoms with Crippen molar-refractivity contribution in [1.82, 2.24) is 15.2 Å². The van der Waals surface area contributed by atoms with Gasteiger partial charge in [0, 0.05) is 6.04 Å². The van der Waals surface area contributed by atoms with E-state index in [-0.39, 0.29) is 37.3 Å². The Morgan fingerprint density at radius 2 is 2.09 bits per heavy atom. The van der Waals surface area contributed by atoms with Gasteiger partial charge in [0.05, 0.1) is 20.3 Å². The predicted octanol–water partition coefficient (Wildman–Crippen LogP) is 0.944. The Morgan fingerprint density at radius 3 is 2.65 bits per heavy atom. The van der Waals surface area contributed by atoms with Crippen LogP contribution in [0, 0.1) is 0 Å². The van der Waals surface area contributed by atoms with E-state index in [9.17, 15) is 14.4 Å². The fraction of sp³-hybridized carbons (Fsp3) is 0.571. The van der Waals surface area contributed by atoms with Crippen LogP contribution in [-0.2, 0) is 20.8 Å². The van der Waals surface area contributed by atoms with Crippen LogP contribution in [0.25, 0.3) is 0 Å². The molecule has 0 aromatic carbocycles. The van der Waals surface area contributed by atoms with Crippen LogP contribution in [0.1, 0.15) is 37.2 Å². The standard InChI is InChI=1S/C14H21N3O6/c1-5-22-12(18)6-15-14(20)17(9(2)3)7-11-16-10(8-23-11)13(19)21-4/h8-9H,5-7H2,1-4H3,(H,15,20). The molecule has 1 aromatic rings. The maximum atomic E-state index is 12.1. The summed E-state index contributed by atoms with van der Waals surface area (Å²) in [7, 11) is 1.24. The van der Waals surface area contributed by atoms with Gasteiger partial charge in [-0.1, -0.05) is 0 Å². The molecule has 9 nitrogen and oxygen atoms in total. The number of nitrogens with zero attached hydrogens (tertiary/aromatic N) is 2. The van der Waals surface area contributed by atoms with E-state index < -0.39 is 18.0 Å². The summed E-state index contributed by atoms with van der Waals surface area (Å²) >= 11 is 0. The SMILES string of the molecule is CCOC(=O)CNC(=O)N(Cc1nc(C(=O)OC)co1)C(C)C. The van der Waals surface area contributed by atoms with Crippen molar-refractivity contribution < 1.29 is 28.3 Å². The molecule has 0 unspecified atom stereocenters. The summed E-state index contributed by atoms with van der Waals surface area (Å²) in [6.45, 7) is 5.34. The summed E-state index contributed by atoms with van der Waals surface area (Å²) in [6, 6.07) is -0.642. The number of carbonyl (C=O) groups is 3. The summed E-state index contributed by atoms with van der Waals surface area (Å²) in [4.78, 5) is 40.1. The van der Waals surface area contributed by atoms with E-state index >= 15 is 0 Å². The van der Waals surface area contributed by atoms with E-state index in [2.05, 4.69) is 15.0 Å². The van der Waals surface area contributed by atoms with Crippen LogP contribution in [0.5, 0.6) is 0 Å². The van der Waals surface area contributed by atoms with Gasteiger partial charge in [0.2, 0.25) is 5.89 Å². The van der Waals surface area contributed by atoms with Gasteiger partial charge < -0.3 is 24.1 Å². The second kappa shape index (κ2) is 8.76. The van der Waals surface area contributed by atoms with Gasteiger partial charge >= 0.3 is 18.0 Å². The van der Waals surface area contributed by atoms with E-state index in [4.69, 9.17) is 9.15 Å². The molecule has 0 saturated heterocycles. The maximum absolute atomic E-state index is 12.1. The summed E-state index contributed by atoms with van der Waals surface area (Å²) in [5, 5.41) is 2.46. The molecule has 0 aliphatic heterocycles. The molecule has 0 spiro atoms. The van der Waals surface area contributed by atoms with Gasteiger partial charge in [-0.2, -0.15) is 0 Å². The molecule has 0 aliphatic rings. The number of rotatable bonds is 7. The summed E-state index contributed by atoms with van der Waals surface area (Å²) < 4.78 is 14.4. The van der Waals surface area contributed by atoms with Crippen molar-refractivity contribution in [1.29, 1.82) is 0 Å². The lowest BCUT2D eigenvalue weighted by Gasteiger charge is -2.25. The van der Waals surface area contributed by atoms with Crippen LogP contribution >= 0.6 is 0 Å². The number of carbonyl (C=O) groups excluding carboxylic acids is 3. The number of nitrogens with one attached hydrogen (secondary N) is 1. The van der Waals surface area contributed by atoms with Crippen molar-refractivity contribution in [2.24, 2.45) is 0 Å². The average Bonchev–Trinajstić information content (AvgIpc) is 2.98. The first-order valence-electron chi connectivity index (χ1n) is 7.11. The van der Waals surface area contributed by atoms with E-state index in [0.717, 1.165) is 6.26 Å². The van der Waals surface area contributed by atoms with Crippen LogP contribution in [0.3, 0.4) is 0 Å². The lowest BCUT2D eigenvalue weighted by Crippen LogP contribution is -2.45. The fourth-order valence-electron chi connectivity index (χ4n) is 1.68. The van der Waals surface area contributed by atoms with Gasteiger partial charge in [0.15, 0.2) is 5.69 Å². The quantitative estimate of drug-likeness (QED) is 0.742. The Balaban J connectivity index is 2.67. The van der Waals surface area contributed by atoms with Gasteiger partial charge in [-0.15, -0.1) is 0 Å². The lowest BCUT2D eigenvalue weighted by molar-refractivity contribution is -0.141. The minimum atomic E-state index is -0.622. The van der Waals surface area contributed by atoms with Crippen LogP contribution in [0.2, 0.25) is 0 Å². The van der Waals surface area contributed by atoms with Gasteiger partial charge in [0.1, 0.15) is 12.8 Å². The molecule has 2 amide bonds. The monoisotopic (exact) mass is 327 g/mol. The van der Waals surface area contributed by atoms with Crippen molar-refractivity contribution in [3.05, 3.63) is 17.8 Å². The van der Waals surface area contributed by atoms with Gasteiger partial charge in [-0.05, 0) is 20.8 Å². The molecule has 0 radical (unpaired) electrons. The molecule has 1 N–H and O–H groups in total. The normalized spacial score (nSPS) is 10.3. The lowest BCUT2D eigenvalue weighted by atomic mass is 10.3. The predicted molar refractivity (Wildman–Crippen MR) is 78.6 cm³/mol. The highest BCUT2D eigenvalue weighted by atomic mass is 16.5. The molecule has 0 atom stereocenters. The Morgan fingerprint density at radius 1 is 1.39 bits per heavy atom. The third kappa shape index (κ3) is 5.61. The molecule has 0 aliphatic carbocycles. The first-order chi connectivity index (χ1) is 10.9. The number of amides is 2. The molecule has 23 heavy (non-hydrogen) atoms. The molecule has 0 saturated carbocycles. The number of aromatic nitrogens is 1. The van der Waals surface area contributed by atoms with Crippen molar-refractivity contribution in [3.63, 3.8) is 0 Å². The molecule has 1 heterocycles. The number of urea groups is 1. The van der Waals surface area contributed by atoms with E-state index in [1.807, 2.05) is 0 Å². The molecular weight excluding hydrogens is 306 g/mol. The second-order valence-corrected chi connectivity index (χ2v) is 4.80. The second-order valence-electron chi connectivity index (χ2n) is 4.80. The fourth-order valence-corrected chi connectivity index (χ4v) is 1.68. The molecule has 0 bridgehead atoms. The highest BCUT2D eigenvalue weighted by Crippen LogP contribution is 2.10. The minimum Gasteiger partial charge on any atom is -0.465 e. The smallest absolute Gasteiger partial charge is 0.360 e. The van der Waals surface area contributed by atoms with Crippen molar-refractivity contribution in [2.75, 3.05) is 20.3 Å². The molecular formula is C14H21N3O6. The van der Waals surface area contributed by atoms with Crippen LogP contribution in [-0.4, -0.2) is 54.2 Å². The molecule has 128 valence electrons. The summed E-state index contributed by atoms with van der Waals surface area (Å²) in [5.74, 6) is -0.957. The zero-order chi connectivity index (χ0) is 17.4. The van der Waals surface area contributed by atoms with Crippen LogP contribution in [0.15, 0.2) is 10.7 Å². The van der Waals surface area contributed by atoms with E-state index in [0.29, 0.717) is 0 Å². The topological polar surface area (TPSA) is 111 Å². The zero-order valence-corrected chi connectivity index (χ0v) is 13.6. The number of ether oxygens (including phenoxy) is 2. The number of hydrogen-bond donors (Lipinski definition) is 1. The Hall–Kier alpha value is -2.58. The van der Waals surface area contributed by atoms with Crippen LogP contribution < -0.4 is 5.32 Å². The maximum Gasteiger partial charge on any atom is 0.360 e. The zero-order valence-electron chi connectivity index (χ0n) is 13.6. The molecule has 0 fully saturated rings. The highest BCUT2D eigenvalue weighted by Gasteiger charge is 2.21. The van der Waals surface area contributed by atoms with Crippen molar-refractivity contribution >= 4 is 18.0 Å². The number of hydrogen-bond acceptors (Lipinski definition) is 7. The third-order valence-corrected chi connectivity index (χ3v) is 2.83. The Kier molecular flexibility index (Phi) is 7.04. The summed E-state index contributed by atoms with van der Waals surface area (Å²) in [6.07, 6.45) is 1.16. The number of methoxy groups -OCH3 is 1. The van der Waals surface area contributed by atoms with Gasteiger partial charge in [0.25, 0.3) is 0 Å². The first-order valence-corrected chi connectivity index (χ1v) is 7.11. The van der Waals surface area contributed by atoms with Gasteiger partial charge in [-0.3, -0.25) is 4.79 Å². The largest absolute Gasteiger partial charge is 0.465 e.